The van der Waals surface area contributed by atoms with Gasteiger partial charge in [0.25, 0.3) is 0 Å². The fourth-order valence-electron chi connectivity index (χ4n) is 2.59. The number of rotatable bonds is 6. The van der Waals surface area contributed by atoms with Crippen LogP contribution >= 0.6 is 0 Å². The second-order valence-corrected chi connectivity index (χ2v) is 6.59. The lowest BCUT2D eigenvalue weighted by atomic mass is 9.76. The third-order valence-electron chi connectivity index (χ3n) is 4.12. The van der Waals surface area contributed by atoms with Crippen LogP contribution in [-0.4, -0.2) is 29.2 Å². The first-order chi connectivity index (χ1) is 9.34. The largest absolute Gasteiger partial charge is 0.480 e. The van der Waals surface area contributed by atoms with Crippen molar-refractivity contribution < 1.29 is 14.7 Å². The third kappa shape index (κ3) is 5.80. The average Bonchev–Trinajstić information content (AvgIpc) is 2.36. The molecule has 2 amide bonds. The molecule has 0 saturated heterocycles. The van der Waals surface area contributed by atoms with Crippen molar-refractivity contribution >= 4 is 12.0 Å². The zero-order valence-corrected chi connectivity index (χ0v) is 12.9. The van der Waals surface area contributed by atoms with Crippen LogP contribution in [0.2, 0.25) is 0 Å². The molecule has 3 N–H and O–H groups in total. The van der Waals surface area contributed by atoms with Crippen LogP contribution in [0.25, 0.3) is 0 Å². The Bertz CT molecular complexity index is 332. The van der Waals surface area contributed by atoms with Crippen LogP contribution in [0, 0.1) is 5.41 Å². The smallest absolute Gasteiger partial charge is 0.326 e. The SMILES string of the molecule is CCCC[C@H](NC(=O)NC1CCC(C)(C)CC1)C(=O)O. The van der Waals surface area contributed by atoms with Gasteiger partial charge in [-0.2, -0.15) is 0 Å². The highest BCUT2D eigenvalue weighted by molar-refractivity contribution is 5.82. The van der Waals surface area contributed by atoms with Crippen LogP contribution in [0.5, 0.6) is 0 Å². The zero-order chi connectivity index (χ0) is 15.2. The van der Waals surface area contributed by atoms with Crippen LogP contribution in [0.1, 0.15) is 65.7 Å². The minimum atomic E-state index is -0.960. The van der Waals surface area contributed by atoms with Crippen LogP contribution in [0.3, 0.4) is 0 Å². The van der Waals surface area contributed by atoms with Crippen molar-refractivity contribution in [3.05, 3.63) is 0 Å². The number of carbonyl (C=O) groups excluding carboxylic acids is 1. The van der Waals surface area contributed by atoms with Crippen LogP contribution in [0.15, 0.2) is 0 Å². The average molecular weight is 284 g/mol. The Morgan fingerprint density at radius 1 is 1.30 bits per heavy atom. The second-order valence-electron chi connectivity index (χ2n) is 6.59. The summed E-state index contributed by atoms with van der Waals surface area (Å²) in [6, 6.07) is -0.961. The van der Waals surface area contributed by atoms with Crippen molar-refractivity contribution in [3.63, 3.8) is 0 Å². The van der Waals surface area contributed by atoms with Gasteiger partial charge < -0.3 is 15.7 Å². The molecule has 0 heterocycles. The number of aliphatic carboxylic acids is 1. The molecule has 1 fully saturated rings. The van der Waals surface area contributed by atoms with Crippen molar-refractivity contribution in [1.82, 2.24) is 10.6 Å². The summed E-state index contributed by atoms with van der Waals surface area (Å²) in [5.41, 5.74) is 0.360. The Kier molecular flexibility index (Phi) is 6.30. The molecule has 0 aromatic rings. The molecule has 1 saturated carbocycles. The molecule has 0 unspecified atom stereocenters. The van der Waals surface area contributed by atoms with Gasteiger partial charge in [-0.3, -0.25) is 0 Å². The van der Waals surface area contributed by atoms with Gasteiger partial charge in [0.15, 0.2) is 0 Å². The summed E-state index contributed by atoms with van der Waals surface area (Å²) >= 11 is 0. The molecule has 0 aromatic heterocycles. The van der Waals surface area contributed by atoms with Crippen LogP contribution < -0.4 is 10.6 Å². The summed E-state index contributed by atoms with van der Waals surface area (Å²) in [7, 11) is 0. The van der Waals surface area contributed by atoms with E-state index >= 15 is 0 Å². The predicted octanol–water partition coefficient (Wildman–Crippen LogP) is 2.90. The van der Waals surface area contributed by atoms with Crippen molar-refractivity contribution in [2.45, 2.75) is 77.8 Å². The standard InChI is InChI=1S/C15H28N2O3/c1-4-5-6-12(13(18)19)17-14(20)16-11-7-9-15(2,3)10-8-11/h11-12H,4-10H2,1-3H3,(H,18,19)(H2,16,17,20)/t12-/m0/s1. The predicted molar refractivity (Wildman–Crippen MR) is 78.7 cm³/mol. The molecule has 20 heavy (non-hydrogen) atoms. The number of carboxylic acids is 1. The second kappa shape index (κ2) is 7.50. The number of urea groups is 1. The van der Waals surface area contributed by atoms with Crippen molar-refractivity contribution in [3.8, 4) is 0 Å². The van der Waals surface area contributed by atoms with Gasteiger partial charge in [-0.15, -0.1) is 0 Å². The van der Waals surface area contributed by atoms with E-state index < -0.39 is 12.0 Å². The minimum absolute atomic E-state index is 0.170. The Labute approximate surface area is 121 Å². The molecule has 116 valence electrons. The van der Waals surface area contributed by atoms with E-state index in [2.05, 4.69) is 24.5 Å². The maximum atomic E-state index is 11.9. The molecule has 0 aliphatic heterocycles. The first-order valence-electron chi connectivity index (χ1n) is 7.64. The van der Waals surface area contributed by atoms with Gasteiger partial charge in [-0.25, -0.2) is 9.59 Å². The van der Waals surface area contributed by atoms with E-state index in [-0.39, 0.29) is 12.1 Å². The number of nitrogens with one attached hydrogen (secondary N) is 2. The van der Waals surface area contributed by atoms with Gasteiger partial charge in [0, 0.05) is 6.04 Å². The summed E-state index contributed by atoms with van der Waals surface area (Å²) in [4.78, 5) is 22.9. The maximum Gasteiger partial charge on any atom is 0.326 e. The van der Waals surface area contributed by atoms with Gasteiger partial charge in [0.1, 0.15) is 6.04 Å². The molecule has 0 bridgehead atoms. The monoisotopic (exact) mass is 284 g/mol. The molecular weight excluding hydrogens is 256 g/mol. The topological polar surface area (TPSA) is 78.4 Å². The molecule has 0 aromatic carbocycles. The van der Waals surface area contributed by atoms with E-state index in [9.17, 15) is 9.59 Å². The number of carbonyl (C=O) groups is 2. The normalized spacial score (nSPS) is 20.1. The lowest BCUT2D eigenvalue weighted by molar-refractivity contribution is -0.139. The fraction of sp³-hybridized carbons (Fsp3) is 0.867. The minimum Gasteiger partial charge on any atom is -0.480 e. The van der Waals surface area contributed by atoms with Gasteiger partial charge in [0.2, 0.25) is 0 Å². The van der Waals surface area contributed by atoms with Crippen molar-refractivity contribution in [1.29, 1.82) is 0 Å². The van der Waals surface area contributed by atoms with E-state index in [0.29, 0.717) is 11.8 Å². The highest BCUT2D eigenvalue weighted by Crippen LogP contribution is 2.34. The molecular formula is C15H28N2O3. The zero-order valence-electron chi connectivity index (χ0n) is 12.9. The summed E-state index contributed by atoms with van der Waals surface area (Å²) in [6.07, 6.45) is 6.32. The lowest BCUT2D eigenvalue weighted by Crippen LogP contribution is -2.50. The quantitative estimate of drug-likeness (QED) is 0.701. The summed E-state index contributed by atoms with van der Waals surface area (Å²) in [5.74, 6) is -0.960. The van der Waals surface area contributed by atoms with Crippen LogP contribution in [0.4, 0.5) is 4.79 Å². The van der Waals surface area contributed by atoms with Crippen LogP contribution in [-0.2, 0) is 4.79 Å². The van der Waals surface area contributed by atoms with E-state index in [1.807, 2.05) is 6.92 Å². The molecule has 5 nitrogen and oxygen atoms in total. The molecule has 1 atom stereocenters. The third-order valence-corrected chi connectivity index (χ3v) is 4.12. The Balaban J connectivity index is 2.36. The van der Waals surface area contributed by atoms with Crippen molar-refractivity contribution in [2.75, 3.05) is 0 Å². The lowest BCUT2D eigenvalue weighted by Gasteiger charge is -2.34. The Hall–Kier alpha value is -1.26. The number of hydrogen-bond donors (Lipinski definition) is 3. The Morgan fingerprint density at radius 2 is 1.90 bits per heavy atom. The molecule has 5 heteroatoms. The summed E-state index contributed by atoms with van der Waals surface area (Å²) in [6.45, 7) is 6.49. The molecule has 1 aliphatic rings. The molecule has 0 spiro atoms. The van der Waals surface area contributed by atoms with E-state index in [1.54, 1.807) is 0 Å². The fourth-order valence-corrected chi connectivity index (χ4v) is 2.59. The number of hydrogen-bond acceptors (Lipinski definition) is 2. The molecule has 1 aliphatic carbocycles. The highest BCUT2D eigenvalue weighted by atomic mass is 16.4. The van der Waals surface area contributed by atoms with Gasteiger partial charge in [-0.1, -0.05) is 33.6 Å². The summed E-state index contributed by atoms with van der Waals surface area (Å²) in [5, 5.41) is 14.6. The molecule has 0 radical (unpaired) electrons. The Morgan fingerprint density at radius 3 is 2.40 bits per heavy atom. The van der Waals surface area contributed by atoms with E-state index in [0.717, 1.165) is 38.5 Å². The maximum absolute atomic E-state index is 11.9. The first kappa shape index (κ1) is 16.8. The first-order valence-corrected chi connectivity index (χ1v) is 7.64. The summed E-state index contributed by atoms with van der Waals surface area (Å²) < 4.78 is 0. The number of amides is 2. The van der Waals surface area contributed by atoms with E-state index in [1.165, 1.54) is 0 Å². The highest BCUT2D eigenvalue weighted by Gasteiger charge is 2.28. The number of unbranched alkanes of at least 4 members (excludes halogenated alkanes) is 1. The molecule has 1 rings (SSSR count). The van der Waals surface area contributed by atoms with Gasteiger partial charge >= 0.3 is 12.0 Å². The van der Waals surface area contributed by atoms with Gasteiger partial charge in [0.05, 0.1) is 0 Å². The van der Waals surface area contributed by atoms with E-state index in [4.69, 9.17) is 5.11 Å². The van der Waals surface area contributed by atoms with Gasteiger partial charge in [-0.05, 0) is 37.5 Å². The number of carboxylic acid groups (broad SMARTS) is 1. The van der Waals surface area contributed by atoms with Crippen molar-refractivity contribution in [2.24, 2.45) is 5.41 Å².